The van der Waals surface area contributed by atoms with Gasteiger partial charge in [0.15, 0.2) is 11.5 Å². The van der Waals surface area contributed by atoms with Gasteiger partial charge in [-0.3, -0.25) is 0 Å². The van der Waals surface area contributed by atoms with Crippen molar-refractivity contribution < 1.29 is 9.13 Å². The fraction of sp³-hybridized carbons (Fsp3) is 0.0769. The average Bonchev–Trinajstić information content (AvgIpc) is 2.82. The van der Waals surface area contributed by atoms with Crippen LogP contribution in [0.1, 0.15) is 0 Å². The molecule has 1 aromatic carbocycles. The number of hydrogen-bond acceptors (Lipinski definition) is 4. The van der Waals surface area contributed by atoms with E-state index >= 15 is 0 Å². The molecule has 0 saturated heterocycles. The van der Waals surface area contributed by atoms with Gasteiger partial charge in [-0.25, -0.2) is 13.9 Å². The van der Waals surface area contributed by atoms with Gasteiger partial charge in [0.2, 0.25) is 0 Å². The third-order valence-electron chi connectivity index (χ3n) is 2.78. The number of methoxy groups -OCH3 is 1. The Morgan fingerprint density at radius 3 is 2.89 bits per heavy atom. The largest absolute Gasteiger partial charge is 0.496 e. The van der Waals surface area contributed by atoms with E-state index in [1.807, 2.05) is 24.3 Å². The number of benzene rings is 1. The van der Waals surface area contributed by atoms with Gasteiger partial charge >= 0.3 is 0 Å². The van der Waals surface area contributed by atoms with Gasteiger partial charge in [0.05, 0.1) is 24.6 Å². The second-order valence-electron chi connectivity index (χ2n) is 4.02. The van der Waals surface area contributed by atoms with Crippen molar-refractivity contribution in [1.29, 1.82) is 0 Å². The highest BCUT2D eigenvalue weighted by molar-refractivity contribution is 5.70. The first-order chi connectivity index (χ1) is 9.19. The lowest BCUT2D eigenvalue weighted by atomic mass is 10.2. The molecule has 5 nitrogen and oxygen atoms in total. The third-order valence-corrected chi connectivity index (χ3v) is 2.78. The van der Waals surface area contributed by atoms with Crippen molar-refractivity contribution in [3.63, 3.8) is 0 Å². The number of aromatic nitrogens is 3. The summed E-state index contributed by atoms with van der Waals surface area (Å²) in [5.41, 5.74) is 7.12. The summed E-state index contributed by atoms with van der Waals surface area (Å²) in [5.74, 6) is 0.633. The summed E-state index contributed by atoms with van der Waals surface area (Å²) in [7, 11) is 1.57. The molecule has 19 heavy (non-hydrogen) atoms. The van der Waals surface area contributed by atoms with Crippen LogP contribution in [0.2, 0.25) is 0 Å². The first kappa shape index (κ1) is 11.5. The Labute approximate surface area is 108 Å². The Morgan fingerprint density at radius 2 is 2.11 bits per heavy atom. The van der Waals surface area contributed by atoms with Gasteiger partial charge in [-0.1, -0.05) is 12.1 Å². The minimum absolute atomic E-state index is 0.244. The van der Waals surface area contributed by atoms with Gasteiger partial charge in [0.25, 0.3) is 0 Å². The van der Waals surface area contributed by atoms with Crippen LogP contribution in [0.3, 0.4) is 0 Å². The van der Waals surface area contributed by atoms with E-state index in [-0.39, 0.29) is 5.69 Å². The Kier molecular flexibility index (Phi) is 2.56. The van der Waals surface area contributed by atoms with Crippen molar-refractivity contribution in [1.82, 2.24) is 14.6 Å². The molecule has 3 aromatic rings. The minimum Gasteiger partial charge on any atom is -0.496 e. The fourth-order valence-corrected chi connectivity index (χ4v) is 1.92. The number of nitrogen functional groups attached to an aromatic ring is 1. The van der Waals surface area contributed by atoms with Crippen LogP contribution >= 0.6 is 0 Å². The Morgan fingerprint density at radius 1 is 1.32 bits per heavy atom. The lowest BCUT2D eigenvalue weighted by Gasteiger charge is -2.03. The van der Waals surface area contributed by atoms with Gasteiger partial charge in [-0.05, 0) is 12.1 Å². The predicted molar refractivity (Wildman–Crippen MR) is 69.3 cm³/mol. The second-order valence-corrected chi connectivity index (χ2v) is 4.02. The van der Waals surface area contributed by atoms with Crippen LogP contribution in [0, 0.1) is 5.82 Å². The van der Waals surface area contributed by atoms with E-state index in [0.29, 0.717) is 17.2 Å². The van der Waals surface area contributed by atoms with Crippen molar-refractivity contribution in [3.8, 4) is 17.1 Å². The number of nitrogens with zero attached hydrogens (tertiary/aromatic N) is 3. The van der Waals surface area contributed by atoms with Crippen molar-refractivity contribution in [2.45, 2.75) is 0 Å². The first-order valence-corrected chi connectivity index (χ1v) is 5.64. The third kappa shape index (κ3) is 1.87. The van der Waals surface area contributed by atoms with Crippen LogP contribution in [0.25, 0.3) is 17.0 Å². The highest BCUT2D eigenvalue weighted by Crippen LogP contribution is 2.28. The summed E-state index contributed by atoms with van der Waals surface area (Å²) in [4.78, 5) is 4.31. The van der Waals surface area contributed by atoms with E-state index in [0.717, 1.165) is 5.56 Å². The second kappa shape index (κ2) is 4.24. The number of rotatable bonds is 2. The van der Waals surface area contributed by atoms with Gasteiger partial charge in [0.1, 0.15) is 11.6 Å². The average molecular weight is 258 g/mol. The maximum absolute atomic E-state index is 13.3. The molecule has 6 heteroatoms. The molecule has 2 N–H and O–H groups in total. The van der Waals surface area contributed by atoms with Crippen LogP contribution in [0.5, 0.6) is 5.75 Å². The van der Waals surface area contributed by atoms with E-state index in [1.54, 1.807) is 7.11 Å². The van der Waals surface area contributed by atoms with Crippen molar-refractivity contribution in [2.75, 3.05) is 12.8 Å². The van der Waals surface area contributed by atoms with Crippen LogP contribution < -0.4 is 10.5 Å². The molecule has 0 bridgehead atoms. The number of para-hydroxylation sites is 1. The number of nitrogens with two attached hydrogens (primary N) is 1. The molecule has 0 aliphatic heterocycles. The molecule has 0 unspecified atom stereocenters. The number of halogens is 1. The van der Waals surface area contributed by atoms with Crippen LogP contribution in [-0.4, -0.2) is 21.7 Å². The summed E-state index contributed by atoms with van der Waals surface area (Å²) in [6, 6.07) is 8.57. The zero-order valence-electron chi connectivity index (χ0n) is 10.2. The van der Waals surface area contributed by atoms with Crippen LogP contribution in [-0.2, 0) is 0 Å². The molecule has 0 aliphatic carbocycles. The summed E-state index contributed by atoms with van der Waals surface area (Å²) in [6.07, 6.45) is 1.23. The molecule has 2 aromatic heterocycles. The van der Waals surface area contributed by atoms with E-state index in [4.69, 9.17) is 10.5 Å². The molecule has 0 spiro atoms. The number of fused-ring (bicyclic) bond motifs is 1. The monoisotopic (exact) mass is 258 g/mol. The molecule has 3 rings (SSSR count). The fourth-order valence-electron chi connectivity index (χ4n) is 1.92. The number of hydrogen-bond donors (Lipinski definition) is 1. The summed E-state index contributed by atoms with van der Waals surface area (Å²) >= 11 is 0. The van der Waals surface area contributed by atoms with E-state index in [9.17, 15) is 4.39 Å². The van der Waals surface area contributed by atoms with Crippen LogP contribution in [0.4, 0.5) is 10.1 Å². The molecular weight excluding hydrogens is 247 g/mol. The predicted octanol–water partition coefficient (Wildman–Crippen LogP) is 2.13. The molecule has 0 aliphatic rings. The van der Waals surface area contributed by atoms with Crippen molar-refractivity contribution >= 4 is 11.3 Å². The Hall–Kier alpha value is -2.63. The summed E-state index contributed by atoms with van der Waals surface area (Å²) in [6.45, 7) is 0. The van der Waals surface area contributed by atoms with Crippen molar-refractivity contribution in [3.05, 3.63) is 42.3 Å². The topological polar surface area (TPSA) is 65.4 Å². The molecule has 0 radical (unpaired) electrons. The smallest absolute Gasteiger partial charge is 0.185 e. The van der Waals surface area contributed by atoms with Gasteiger partial charge in [0, 0.05) is 6.07 Å². The quantitative estimate of drug-likeness (QED) is 0.764. The van der Waals surface area contributed by atoms with E-state index in [1.165, 1.54) is 16.8 Å². The standard InChI is InChI=1S/C13H11FN4O/c1-19-11-5-3-2-4-9(11)12-16-13-10(15)6-8(14)7-18(13)17-12/h2-7H,15H2,1H3. The number of pyridine rings is 1. The van der Waals surface area contributed by atoms with Gasteiger partial charge < -0.3 is 10.5 Å². The van der Waals surface area contributed by atoms with Gasteiger partial charge in [-0.2, -0.15) is 0 Å². The normalized spacial score (nSPS) is 10.8. The maximum Gasteiger partial charge on any atom is 0.185 e. The maximum atomic E-state index is 13.3. The highest BCUT2D eigenvalue weighted by atomic mass is 19.1. The molecule has 0 saturated carbocycles. The van der Waals surface area contributed by atoms with Crippen LogP contribution in [0.15, 0.2) is 36.5 Å². The SMILES string of the molecule is COc1ccccc1-c1nc2c(N)cc(F)cn2n1. The minimum atomic E-state index is -0.457. The zero-order valence-corrected chi connectivity index (χ0v) is 10.2. The molecule has 0 atom stereocenters. The van der Waals surface area contributed by atoms with E-state index < -0.39 is 5.82 Å². The van der Waals surface area contributed by atoms with Crippen molar-refractivity contribution in [2.24, 2.45) is 0 Å². The van der Waals surface area contributed by atoms with Gasteiger partial charge in [-0.15, -0.1) is 5.10 Å². The Bertz CT molecular complexity index is 753. The summed E-state index contributed by atoms with van der Waals surface area (Å²) < 4.78 is 19.8. The molecule has 2 heterocycles. The molecule has 96 valence electrons. The lowest BCUT2D eigenvalue weighted by Crippen LogP contribution is -1.95. The number of anilines is 1. The Balaban J connectivity index is 2.23. The summed E-state index contributed by atoms with van der Waals surface area (Å²) in [5, 5.41) is 4.22. The lowest BCUT2D eigenvalue weighted by molar-refractivity contribution is 0.416. The molecule has 0 fully saturated rings. The number of ether oxygens (including phenoxy) is 1. The van der Waals surface area contributed by atoms with E-state index in [2.05, 4.69) is 10.1 Å². The zero-order chi connectivity index (χ0) is 13.4. The molecule has 0 amide bonds. The first-order valence-electron chi connectivity index (χ1n) is 5.64. The molecular formula is C13H11FN4O. The highest BCUT2D eigenvalue weighted by Gasteiger charge is 2.13.